The predicted octanol–water partition coefficient (Wildman–Crippen LogP) is 2.64. The van der Waals surface area contributed by atoms with E-state index in [4.69, 9.17) is 4.74 Å². The molecule has 3 rings (SSSR count). The smallest absolute Gasteiger partial charge is 0.308 e. The zero-order chi connectivity index (χ0) is 18.5. The van der Waals surface area contributed by atoms with E-state index < -0.39 is 11.9 Å². The zero-order valence-electron chi connectivity index (χ0n) is 14.7. The van der Waals surface area contributed by atoms with Crippen LogP contribution >= 0.6 is 0 Å². The first-order chi connectivity index (χ1) is 12.6. The second-order valence-corrected chi connectivity index (χ2v) is 6.51. The van der Waals surface area contributed by atoms with Crippen LogP contribution in [0.2, 0.25) is 0 Å². The van der Waals surface area contributed by atoms with Gasteiger partial charge >= 0.3 is 5.97 Å². The number of benzene rings is 1. The van der Waals surface area contributed by atoms with E-state index in [0.717, 1.165) is 30.7 Å². The van der Waals surface area contributed by atoms with Gasteiger partial charge in [0.15, 0.2) is 5.69 Å². The van der Waals surface area contributed by atoms with E-state index in [1.165, 1.54) is 0 Å². The molecule has 0 spiro atoms. The molecule has 0 saturated heterocycles. The van der Waals surface area contributed by atoms with E-state index >= 15 is 0 Å². The number of methoxy groups -OCH3 is 1. The number of rotatable bonds is 5. The highest BCUT2D eigenvalue weighted by atomic mass is 16.5. The van der Waals surface area contributed by atoms with Crippen LogP contribution in [-0.4, -0.2) is 39.9 Å². The minimum Gasteiger partial charge on any atom is -0.497 e. The first-order valence-electron chi connectivity index (χ1n) is 8.82. The molecule has 7 heteroatoms. The lowest BCUT2D eigenvalue weighted by Gasteiger charge is -2.22. The fraction of sp³-hybridized carbons (Fsp3) is 0.421. The molecule has 2 aromatic rings. The van der Waals surface area contributed by atoms with Crippen LogP contribution in [0.15, 0.2) is 36.5 Å². The normalized spacial score (nSPS) is 20.2. The van der Waals surface area contributed by atoms with E-state index in [0.29, 0.717) is 12.8 Å². The number of aliphatic carboxylic acids is 1. The van der Waals surface area contributed by atoms with E-state index in [2.05, 4.69) is 10.4 Å². The topological polar surface area (TPSA) is 93.5 Å². The third-order valence-corrected chi connectivity index (χ3v) is 4.81. The molecule has 138 valence electrons. The highest BCUT2D eigenvalue weighted by Crippen LogP contribution is 2.24. The largest absolute Gasteiger partial charge is 0.497 e. The molecule has 0 aliphatic heterocycles. The van der Waals surface area contributed by atoms with Crippen molar-refractivity contribution in [1.82, 2.24) is 15.1 Å². The van der Waals surface area contributed by atoms with Crippen LogP contribution in [0.4, 0.5) is 0 Å². The summed E-state index contributed by atoms with van der Waals surface area (Å²) in [5.74, 6) is -0.978. The van der Waals surface area contributed by atoms with Crippen molar-refractivity contribution in [2.45, 2.75) is 38.1 Å². The van der Waals surface area contributed by atoms with Gasteiger partial charge in [0.25, 0.3) is 5.91 Å². The van der Waals surface area contributed by atoms with Gasteiger partial charge in [-0.05, 0) is 43.2 Å². The molecule has 1 aliphatic carbocycles. The highest BCUT2D eigenvalue weighted by molar-refractivity contribution is 5.92. The van der Waals surface area contributed by atoms with Gasteiger partial charge in [-0.25, -0.2) is 4.68 Å². The van der Waals surface area contributed by atoms with Crippen LogP contribution < -0.4 is 10.1 Å². The minimum atomic E-state index is -0.846. The summed E-state index contributed by atoms with van der Waals surface area (Å²) >= 11 is 0. The number of nitrogens with one attached hydrogen (secondary N) is 1. The number of hydrogen-bond acceptors (Lipinski definition) is 4. The summed E-state index contributed by atoms with van der Waals surface area (Å²) in [6.07, 6.45) is 5.80. The van der Waals surface area contributed by atoms with Crippen molar-refractivity contribution in [2.24, 2.45) is 5.92 Å². The molecule has 2 atom stereocenters. The molecule has 1 aromatic heterocycles. The van der Waals surface area contributed by atoms with Crippen LogP contribution in [0.25, 0.3) is 5.69 Å². The Morgan fingerprint density at radius 1 is 1.15 bits per heavy atom. The maximum Gasteiger partial charge on any atom is 0.308 e. The van der Waals surface area contributed by atoms with Crippen LogP contribution in [-0.2, 0) is 4.79 Å². The fourth-order valence-electron chi connectivity index (χ4n) is 3.34. The quantitative estimate of drug-likeness (QED) is 0.803. The zero-order valence-corrected chi connectivity index (χ0v) is 14.7. The van der Waals surface area contributed by atoms with Gasteiger partial charge < -0.3 is 15.2 Å². The summed E-state index contributed by atoms with van der Waals surface area (Å²) in [6.45, 7) is 0. The predicted molar refractivity (Wildman–Crippen MR) is 95.6 cm³/mol. The summed E-state index contributed by atoms with van der Waals surface area (Å²) in [5, 5.41) is 16.6. The Morgan fingerprint density at radius 3 is 2.58 bits per heavy atom. The van der Waals surface area contributed by atoms with E-state index in [1.807, 2.05) is 24.3 Å². The lowest BCUT2D eigenvalue weighted by atomic mass is 9.95. The first kappa shape index (κ1) is 18.0. The Balaban J connectivity index is 1.71. The lowest BCUT2D eigenvalue weighted by Crippen LogP contribution is -2.43. The molecule has 2 N–H and O–H groups in total. The van der Waals surface area contributed by atoms with Crippen LogP contribution in [0.5, 0.6) is 5.75 Å². The summed E-state index contributed by atoms with van der Waals surface area (Å²) in [6, 6.07) is 8.61. The van der Waals surface area contributed by atoms with Gasteiger partial charge in [0.2, 0.25) is 0 Å². The number of carboxylic acids is 1. The molecular weight excluding hydrogens is 334 g/mol. The maximum absolute atomic E-state index is 12.5. The van der Waals surface area contributed by atoms with Crippen molar-refractivity contribution in [3.05, 3.63) is 42.2 Å². The monoisotopic (exact) mass is 357 g/mol. The number of hydrogen-bond donors (Lipinski definition) is 2. The highest BCUT2D eigenvalue weighted by Gasteiger charge is 2.31. The number of carbonyl (C=O) groups is 2. The SMILES string of the molecule is COc1ccc(-n2ccc(C(=O)N[C@H]3CCCCC[C@H]3C(=O)O)n2)cc1. The molecule has 1 heterocycles. The van der Waals surface area contributed by atoms with Crippen LogP contribution in [0.3, 0.4) is 0 Å². The van der Waals surface area contributed by atoms with E-state index in [-0.39, 0.29) is 17.6 Å². The number of amides is 1. The minimum absolute atomic E-state index is 0.272. The third-order valence-electron chi connectivity index (χ3n) is 4.81. The molecule has 1 amide bonds. The molecule has 0 bridgehead atoms. The Bertz CT molecular complexity index is 769. The summed E-state index contributed by atoms with van der Waals surface area (Å²) in [4.78, 5) is 24.0. The second kappa shape index (κ2) is 8.03. The summed E-state index contributed by atoms with van der Waals surface area (Å²) in [5.41, 5.74) is 1.08. The van der Waals surface area contributed by atoms with Crippen molar-refractivity contribution in [3.8, 4) is 11.4 Å². The number of nitrogens with zero attached hydrogens (tertiary/aromatic N) is 2. The molecule has 26 heavy (non-hydrogen) atoms. The average Bonchev–Trinajstić information content (AvgIpc) is 3.02. The molecule has 1 fully saturated rings. The number of aromatic nitrogens is 2. The molecule has 1 aromatic carbocycles. The summed E-state index contributed by atoms with van der Waals surface area (Å²) < 4.78 is 6.74. The molecule has 1 aliphatic rings. The lowest BCUT2D eigenvalue weighted by molar-refractivity contribution is -0.142. The van der Waals surface area contributed by atoms with Crippen molar-refractivity contribution in [1.29, 1.82) is 0 Å². The molecule has 7 nitrogen and oxygen atoms in total. The molecule has 1 saturated carbocycles. The van der Waals surface area contributed by atoms with Gasteiger partial charge in [0, 0.05) is 12.2 Å². The third kappa shape index (κ3) is 4.04. The number of ether oxygens (including phenoxy) is 1. The van der Waals surface area contributed by atoms with Crippen molar-refractivity contribution >= 4 is 11.9 Å². The van der Waals surface area contributed by atoms with Gasteiger partial charge in [-0.3, -0.25) is 9.59 Å². The van der Waals surface area contributed by atoms with Crippen molar-refractivity contribution in [2.75, 3.05) is 7.11 Å². The Hall–Kier alpha value is -2.83. The van der Waals surface area contributed by atoms with E-state index in [9.17, 15) is 14.7 Å². The number of carbonyl (C=O) groups excluding carboxylic acids is 1. The Kier molecular flexibility index (Phi) is 5.55. The Labute approximate surface area is 152 Å². The van der Waals surface area contributed by atoms with Gasteiger partial charge in [0.1, 0.15) is 5.75 Å². The van der Waals surface area contributed by atoms with E-state index in [1.54, 1.807) is 24.1 Å². The molecule has 0 unspecified atom stereocenters. The van der Waals surface area contributed by atoms with Crippen LogP contribution in [0, 0.1) is 5.92 Å². The van der Waals surface area contributed by atoms with Gasteiger partial charge in [-0.2, -0.15) is 5.10 Å². The first-order valence-corrected chi connectivity index (χ1v) is 8.82. The van der Waals surface area contributed by atoms with Gasteiger partial charge in [0.05, 0.1) is 18.7 Å². The van der Waals surface area contributed by atoms with Gasteiger partial charge in [-0.1, -0.05) is 19.3 Å². The number of carboxylic acid groups (broad SMARTS) is 1. The summed E-state index contributed by atoms with van der Waals surface area (Å²) in [7, 11) is 1.60. The van der Waals surface area contributed by atoms with Crippen molar-refractivity contribution in [3.63, 3.8) is 0 Å². The van der Waals surface area contributed by atoms with Gasteiger partial charge in [-0.15, -0.1) is 0 Å². The van der Waals surface area contributed by atoms with Crippen molar-refractivity contribution < 1.29 is 19.4 Å². The second-order valence-electron chi connectivity index (χ2n) is 6.51. The average molecular weight is 357 g/mol. The maximum atomic E-state index is 12.5. The standard InChI is InChI=1S/C19H23N3O4/c1-26-14-9-7-13(8-10-14)22-12-11-17(21-22)18(23)20-16-6-4-2-3-5-15(16)19(24)25/h7-12,15-16H,2-6H2,1H3,(H,20,23)(H,24,25)/t15-,16+/m1/s1. The Morgan fingerprint density at radius 2 is 1.88 bits per heavy atom. The molecule has 0 radical (unpaired) electrons. The van der Waals surface area contributed by atoms with Crippen LogP contribution in [0.1, 0.15) is 42.6 Å². The molecular formula is C19H23N3O4. The fourth-order valence-corrected chi connectivity index (χ4v) is 3.34.